The number of hydrogen-bond donors (Lipinski definition) is 2. The van der Waals surface area contributed by atoms with E-state index in [1.807, 2.05) is 24.3 Å². The number of para-hydroxylation sites is 1. The predicted octanol–water partition coefficient (Wildman–Crippen LogP) is 3.89. The molecule has 3 aromatic rings. The van der Waals surface area contributed by atoms with E-state index in [1.54, 1.807) is 62.8 Å². The van der Waals surface area contributed by atoms with Crippen molar-refractivity contribution in [3.8, 4) is 11.5 Å². The van der Waals surface area contributed by atoms with E-state index < -0.39 is 0 Å². The van der Waals surface area contributed by atoms with Crippen molar-refractivity contribution in [3.63, 3.8) is 0 Å². The van der Waals surface area contributed by atoms with Gasteiger partial charge >= 0.3 is 0 Å². The topological polar surface area (TPSA) is 76.7 Å². The third-order valence-electron chi connectivity index (χ3n) is 4.36. The molecule has 0 radical (unpaired) electrons. The van der Waals surface area contributed by atoms with Gasteiger partial charge in [-0.1, -0.05) is 30.3 Å². The summed E-state index contributed by atoms with van der Waals surface area (Å²) in [6.45, 7) is 0.362. The lowest BCUT2D eigenvalue weighted by atomic mass is 10.1. The number of carbonyl (C=O) groups is 2. The Bertz CT molecular complexity index is 1000. The fourth-order valence-corrected chi connectivity index (χ4v) is 2.77. The van der Waals surface area contributed by atoms with Crippen LogP contribution in [0, 0.1) is 0 Å². The molecule has 148 valence electrons. The van der Waals surface area contributed by atoms with Crippen molar-refractivity contribution >= 4 is 17.5 Å². The van der Waals surface area contributed by atoms with Crippen LogP contribution in [0.25, 0.3) is 0 Å². The maximum absolute atomic E-state index is 12.7. The molecule has 0 aliphatic rings. The van der Waals surface area contributed by atoms with Crippen molar-refractivity contribution in [2.75, 3.05) is 19.5 Å². The van der Waals surface area contributed by atoms with Gasteiger partial charge in [-0.3, -0.25) is 9.59 Å². The number of ether oxygens (including phenoxy) is 2. The molecule has 0 aliphatic heterocycles. The molecule has 0 heterocycles. The normalized spacial score (nSPS) is 10.1. The molecule has 0 aliphatic carbocycles. The number of benzene rings is 3. The van der Waals surface area contributed by atoms with Crippen LogP contribution < -0.4 is 20.1 Å². The van der Waals surface area contributed by atoms with Crippen LogP contribution in [0.4, 0.5) is 5.69 Å². The number of carbonyl (C=O) groups excluding carboxylic acids is 2. The van der Waals surface area contributed by atoms with Gasteiger partial charge in [-0.2, -0.15) is 0 Å². The first-order chi connectivity index (χ1) is 14.1. The van der Waals surface area contributed by atoms with Crippen molar-refractivity contribution in [2.24, 2.45) is 0 Å². The van der Waals surface area contributed by atoms with E-state index in [-0.39, 0.29) is 11.8 Å². The van der Waals surface area contributed by atoms with Gasteiger partial charge in [0.15, 0.2) is 0 Å². The Morgan fingerprint density at radius 1 is 0.793 bits per heavy atom. The second-order valence-electron chi connectivity index (χ2n) is 6.26. The van der Waals surface area contributed by atoms with Crippen molar-refractivity contribution in [2.45, 2.75) is 6.54 Å². The van der Waals surface area contributed by atoms with E-state index in [0.717, 1.165) is 11.3 Å². The SMILES string of the molecule is COc1ccc(CNC(=O)c2ccccc2NC(=O)c2cccc(OC)c2)cc1. The average Bonchev–Trinajstić information content (AvgIpc) is 2.78. The average molecular weight is 390 g/mol. The molecule has 0 saturated heterocycles. The van der Waals surface area contributed by atoms with Crippen LogP contribution in [0.3, 0.4) is 0 Å². The molecule has 2 N–H and O–H groups in total. The standard InChI is InChI=1S/C23H22N2O4/c1-28-18-12-10-16(11-13-18)15-24-23(27)20-8-3-4-9-21(20)25-22(26)17-6-5-7-19(14-17)29-2/h3-14H,15H2,1-2H3,(H,24,27)(H,25,26). The summed E-state index contributed by atoms with van der Waals surface area (Å²) < 4.78 is 10.3. The second kappa shape index (κ2) is 9.41. The number of hydrogen-bond acceptors (Lipinski definition) is 4. The van der Waals surface area contributed by atoms with Gasteiger partial charge in [0.1, 0.15) is 11.5 Å². The summed E-state index contributed by atoms with van der Waals surface area (Å²) in [6, 6.07) is 21.2. The highest BCUT2D eigenvalue weighted by Gasteiger charge is 2.14. The Hall–Kier alpha value is -3.80. The molecule has 6 nitrogen and oxygen atoms in total. The van der Waals surface area contributed by atoms with E-state index in [4.69, 9.17) is 9.47 Å². The van der Waals surface area contributed by atoms with Gasteiger partial charge in [0.05, 0.1) is 25.5 Å². The summed E-state index contributed by atoms with van der Waals surface area (Å²) in [7, 11) is 3.15. The van der Waals surface area contributed by atoms with E-state index in [1.165, 1.54) is 0 Å². The van der Waals surface area contributed by atoms with Crippen LogP contribution in [0.2, 0.25) is 0 Å². The van der Waals surface area contributed by atoms with Crippen molar-refractivity contribution in [3.05, 3.63) is 89.5 Å². The Morgan fingerprint density at radius 3 is 2.24 bits per heavy atom. The molecule has 0 spiro atoms. The van der Waals surface area contributed by atoms with E-state index in [0.29, 0.717) is 29.1 Å². The Labute approximate surface area is 169 Å². The molecule has 0 atom stereocenters. The fraction of sp³-hybridized carbons (Fsp3) is 0.130. The van der Waals surface area contributed by atoms with Crippen LogP contribution in [0.15, 0.2) is 72.8 Å². The largest absolute Gasteiger partial charge is 0.497 e. The fourth-order valence-electron chi connectivity index (χ4n) is 2.77. The molecular formula is C23H22N2O4. The highest BCUT2D eigenvalue weighted by molar-refractivity contribution is 6.09. The van der Waals surface area contributed by atoms with Gasteiger partial charge in [-0.25, -0.2) is 0 Å². The van der Waals surface area contributed by atoms with Gasteiger partial charge in [0.25, 0.3) is 11.8 Å². The Balaban J connectivity index is 1.70. The number of amides is 2. The molecule has 29 heavy (non-hydrogen) atoms. The van der Waals surface area contributed by atoms with Crippen LogP contribution in [-0.4, -0.2) is 26.0 Å². The van der Waals surface area contributed by atoms with E-state index in [9.17, 15) is 9.59 Å². The molecule has 0 fully saturated rings. The van der Waals surface area contributed by atoms with Crippen LogP contribution in [0.5, 0.6) is 11.5 Å². The summed E-state index contributed by atoms with van der Waals surface area (Å²) in [6.07, 6.45) is 0. The highest BCUT2D eigenvalue weighted by atomic mass is 16.5. The summed E-state index contributed by atoms with van der Waals surface area (Å²) in [5.74, 6) is 0.746. The summed E-state index contributed by atoms with van der Waals surface area (Å²) in [5.41, 5.74) is 2.21. The first-order valence-electron chi connectivity index (χ1n) is 9.06. The third-order valence-corrected chi connectivity index (χ3v) is 4.36. The molecule has 2 amide bonds. The number of anilines is 1. The molecule has 0 unspecified atom stereocenters. The lowest BCUT2D eigenvalue weighted by molar-refractivity contribution is 0.0952. The van der Waals surface area contributed by atoms with Crippen LogP contribution >= 0.6 is 0 Å². The van der Waals surface area contributed by atoms with Crippen molar-refractivity contribution in [1.82, 2.24) is 5.32 Å². The van der Waals surface area contributed by atoms with Gasteiger partial charge in [0.2, 0.25) is 0 Å². The quantitative estimate of drug-likeness (QED) is 0.642. The molecule has 3 aromatic carbocycles. The Kier molecular flexibility index (Phi) is 6.47. The molecule has 0 bridgehead atoms. The zero-order valence-electron chi connectivity index (χ0n) is 16.3. The molecule has 0 saturated carbocycles. The molecular weight excluding hydrogens is 368 g/mol. The maximum Gasteiger partial charge on any atom is 0.255 e. The molecule has 0 aromatic heterocycles. The molecule has 3 rings (SSSR count). The van der Waals surface area contributed by atoms with Crippen LogP contribution in [-0.2, 0) is 6.54 Å². The van der Waals surface area contributed by atoms with Crippen molar-refractivity contribution in [1.29, 1.82) is 0 Å². The van der Waals surface area contributed by atoms with Crippen molar-refractivity contribution < 1.29 is 19.1 Å². The number of nitrogens with one attached hydrogen (secondary N) is 2. The number of rotatable bonds is 7. The zero-order valence-corrected chi connectivity index (χ0v) is 16.3. The minimum absolute atomic E-state index is 0.276. The Morgan fingerprint density at radius 2 is 1.52 bits per heavy atom. The minimum Gasteiger partial charge on any atom is -0.497 e. The van der Waals surface area contributed by atoms with Gasteiger partial charge in [-0.05, 0) is 48.0 Å². The summed E-state index contributed by atoms with van der Waals surface area (Å²) in [5, 5.41) is 5.67. The van der Waals surface area contributed by atoms with E-state index >= 15 is 0 Å². The lowest BCUT2D eigenvalue weighted by Crippen LogP contribution is -2.24. The van der Waals surface area contributed by atoms with Gasteiger partial charge < -0.3 is 20.1 Å². The van der Waals surface area contributed by atoms with E-state index in [2.05, 4.69) is 10.6 Å². The third kappa shape index (κ3) is 5.13. The second-order valence-corrected chi connectivity index (χ2v) is 6.26. The maximum atomic E-state index is 12.7. The lowest BCUT2D eigenvalue weighted by Gasteiger charge is -2.12. The highest BCUT2D eigenvalue weighted by Crippen LogP contribution is 2.19. The summed E-state index contributed by atoms with van der Waals surface area (Å²) in [4.78, 5) is 25.3. The number of methoxy groups -OCH3 is 2. The first kappa shape index (κ1) is 19.9. The minimum atomic E-state index is -0.320. The first-order valence-corrected chi connectivity index (χ1v) is 9.06. The van der Waals surface area contributed by atoms with Gasteiger partial charge in [0, 0.05) is 12.1 Å². The van der Waals surface area contributed by atoms with Crippen LogP contribution in [0.1, 0.15) is 26.3 Å². The van der Waals surface area contributed by atoms with Gasteiger partial charge in [-0.15, -0.1) is 0 Å². The smallest absolute Gasteiger partial charge is 0.255 e. The predicted molar refractivity (Wildman–Crippen MR) is 112 cm³/mol. The zero-order chi connectivity index (χ0) is 20.6. The molecule has 6 heteroatoms. The summed E-state index contributed by atoms with van der Waals surface area (Å²) >= 11 is 0. The monoisotopic (exact) mass is 390 g/mol.